The Morgan fingerprint density at radius 1 is 1.22 bits per heavy atom. The molecule has 0 bridgehead atoms. The van der Waals surface area contributed by atoms with Crippen molar-refractivity contribution in [3.05, 3.63) is 38.3 Å². The second-order valence-corrected chi connectivity index (χ2v) is 9.39. The summed E-state index contributed by atoms with van der Waals surface area (Å²) in [6, 6.07) is 1.53. The van der Waals surface area contributed by atoms with Crippen LogP contribution in [0, 0.1) is 12.8 Å². The smallest absolute Gasteiger partial charge is 0.237 e. The van der Waals surface area contributed by atoms with Crippen molar-refractivity contribution < 1.29 is 23.8 Å². The number of Topliss-reactive ketones (excluding diaryl/α,β-unsaturated/α-hetero) is 2. The van der Waals surface area contributed by atoms with Crippen LogP contribution >= 0.6 is 22.9 Å². The number of benzene rings is 1. The predicted molar refractivity (Wildman–Crippen MR) is 118 cm³/mol. The van der Waals surface area contributed by atoms with Gasteiger partial charge in [0.05, 0.1) is 36.2 Å². The zero-order valence-corrected chi connectivity index (χ0v) is 19.7. The topological polar surface area (TPSA) is 92.5 Å². The molecule has 0 fully saturated rings. The van der Waals surface area contributed by atoms with Crippen LogP contribution in [0.1, 0.15) is 38.3 Å². The lowest BCUT2D eigenvalue weighted by Gasteiger charge is -2.35. The highest BCUT2D eigenvalue weighted by atomic mass is 35.5. The summed E-state index contributed by atoms with van der Waals surface area (Å²) >= 11 is 7.97. The first-order valence-electron chi connectivity index (χ1n) is 9.96. The van der Waals surface area contributed by atoms with Crippen LogP contribution in [0.25, 0.3) is 11.4 Å². The van der Waals surface area contributed by atoms with Crippen LogP contribution in [0.3, 0.4) is 0 Å². The number of carbonyl (C=O) groups is 2. The number of halogens is 1. The molecule has 3 aromatic rings. The molecule has 3 heterocycles. The van der Waals surface area contributed by atoms with E-state index < -0.39 is 23.1 Å². The number of thiazole rings is 1. The van der Waals surface area contributed by atoms with E-state index in [0.717, 1.165) is 5.01 Å². The van der Waals surface area contributed by atoms with Crippen molar-refractivity contribution in [2.24, 2.45) is 13.0 Å². The summed E-state index contributed by atoms with van der Waals surface area (Å²) in [5, 5.41) is 7.44. The lowest BCUT2D eigenvalue weighted by atomic mass is 9.71. The molecule has 8 nitrogen and oxygen atoms in total. The second-order valence-electron chi connectivity index (χ2n) is 7.95. The third-order valence-electron chi connectivity index (χ3n) is 6.16. The maximum Gasteiger partial charge on any atom is 0.237 e. The average Bonchev–Trinajstić information content (AvgIpc) is 3.42. The first kappa shape index (κ1) is 21.0. The fourth-order valence-corrected chi connectivity index (χ4v) is 5.51. The molecule has 1 spiro atoms. The summed E-state index contributed by atoms with van der Waals surface area (Å²) < 4.78 is 18.6. The van der Waals surface area contributed by atoms with Crippen molar-refractivity contribution in [3.8, 4) is 28.6 Å². The van der Waals surface area contributed by atoms with Gasteiger partial charge in [0.15, 0.2) is 5.75 Å². The first-order valence-corrected chi connectivity index (χ1v) is 11.2. The molecule has 2 aromatic heterocycles. The molecule has 0 radical (unpaired) electrons. The molecule has 32 heavy (non-hydrogen) atoms. The molecule has 10 heteroatoms. The van der Waals surface area contributed by atoms with Gasteiger partial charge in [-0.05, 0) is 13.3 Å². The minimum Gasteiger partial charge on any atom is -0.496 e. The summed E-state index contributed by atoms with van der Waals surface area (Å²) in [6.07, 6.45) is 0.384. The van der Waals surface area contributed by atoms with E-state index in [1.807, 2.05) is 19.2 Å². The molecular weight excluding hydrogens is 454 g/mol. The molecule has 2 atom stereocenters. The zero-order valence-electron chi connectivity index (χ0n) is 18.1. The third-order valence-corrected chi connectivity index (χ3v) is 7.29. The number of rotatable bonds is 3. The normalized spacial score (nSPS) is 21.5. The van der Waals surface area contributed by atoms with E-state index in [0.29, 0.717) is 34.8 Å². The number of methoxy groups -OCH3 is 2. The minimum atomic E-state index is -1.76. The molecule has 0 saturated heterocycles. The van der Waals surface area contributed by atoms with Crippen molar-refractivity contribution in [3.63, 3.8) is 0 Å². The number of hydrogen-bond acceptors (Lipinski definition) is 8. The van der Waals surface area contributed by atoms with Crippen LogP contribution in [0.4, 0.5) is 0 Å². The van der Waals surface area contributed by atoms with Gasteiger partial charge in [0.1, 0.15) is 27.8 Å². The Morgan fingerprint density at radius 3 is 2.53 bits per heavy atom. The van der Waals surface area contributed by atoms with Crippen LogP contribution in [0.2, 0.25) is 5.02 Å². The molecule has 0 amide bonds. The van der Waals surface area contributed by atoms with E-state index >= 15 is 0 Å². The van der Waals surface area contributed by atoms with Gasteiger partial charge in [0.2, 0.25) is 17.2 Å². The van der Waals surface area contributed by atoms with Gasteiger partial charge in [0.25, 0.3) is 0 Å². The first-order chi connectivity index (χ1) is 15.2. The van der Waals surface area contributed by atoms with Crippen LogP contribution in [-0.2, 0) is 13.5 Å². The molecule has 166 valence electrons. The highest BCUT2D eigenvalue weighted by Gasteiger charge is 2.63. The summed E-state index contributed by atoms with van der Waals surface area (Å²) in [6.45, 7) is 3.70. The maximum absolute atomic E-state index is 14.1. The lowest BCUT2D eigenvalue weighted by molar-refractivity contribution is 0.0259. The Kier molecular flexibility index (Phi) is 4.62. The fraction of sp³-hybridized carbons (Fsp3) is 0.364. The molecule has 0 N–H and O–H groups in total. The van der Waals surface area contributed by atoms with Gasteiger partial charge in [-0.3, -0.25) is 14.3 Å². The molecule has 1 aromatic carbocycles. The summed E-state index contributed by atoms with van der Waals surface area (Å²) in [5.41, 5.74) is 0.586. The van der Waals surface area contributed by atoms with Crippen molar-refractivity contribution >= 4 is 34.5 Å². The van der Waals surface area contributed by atoms with Crippen LogP contribution in [0.5, 0.6) is 17.2 Å². The number of hydrogen-bond donors (Lipinski definition) is 0. The van der Waals surface area contributed by atoms with Crippen LogP contribution in [0.15, 0.2) is 11.4 Å². The van der Waals surface area contributed by atoms with Crippen molar-refractivity contribution in [1.29, 1.82) is 0 Å². The number of fused-ring (bicyclic) bond motifs is 2. The zero-order chi connectivity index (χ0) is 22.9. The molecule has 1 aliphatic carbocycles. The standard InChI is InChI=1S/C22H20ClN3O5S/c1-9-6-11-15(18(26(3)25-11)12-8-32-10(2)24-12)20(27)22(9)21(28)16-13(29-4)7-14(30-5)17(23)19(16)31-22/h7-9H,6H2,1-5H3/t9-,22+/m1/s1. The van der Waals surface area contributed by atoms with E-state index in [9.17, 15) is 9.59 Å². The van der Waals surface area contributed by atoms with Crippen molar-refractivity contribution in [2.45, 2.75) is 25.9 Å². The Labute approximate surface area is 193 Å². The molecule has 5 rings (SSSR count). The third kappa shape index (κ3) is 2.55. The Bertz CT molecular complexity index is 1310. The molecular formula is C22H20ClN3O5S. The number of aryl methyl sites for hydroxylation is 2. The van der Waals surface area contributed by atoms with Crippen molar-refractivity contribution in [2.75, 3.05) is 14.2 Å². The van der Waals surface area contributed by atoms with E-state index in [4.69, 9.17) is 25.8 Å². The summed E-state index contributed by atoms with van der Waals surface area (Å²) in [7, 11) is 4.66. The monoisotopic (exact) mass is 473 g/mol. The van der Waals surface area contributed by atoms with Crippen LogP contribution in [-0.4, -0.2) is 46.2 Å². The fourth-order valence-electron chi connectivity index (χ4n) is 4.65. The van der Waals surface area contributed by atoms with Gasteiger partial charge >= 0.3 is 0 Å². The maximum atomic E-state index is 14.1. The highest BCUT2D eigenvalue weighted by Crippen LogP contribution is 2.54. The Morgan fingerprint density at radius 2 is 1.91 bits per heavy atom. The number of ether oxygens (including phenoxy) is 3. The van der Waals surface area contributed by atoms with E-state index in [1.165, 1.54) is 31.6 Å². The molecule has 0 saturated carbocycles. The highest BCUT2D eigenvalue weighted by molar-refractivity contribution is 7.09. The minimum absolute atomic E-state index is 0.103. The average molecular weight is 474 g/mol. The number of aromatic nitrogens is 3. The number of nitrogens with zero attached hydrogens (tertiary/aromatic N) is 3. The van der Waals surface area contributed by atoms with E-state index in [1.54, 1.807) is 11.7 Å². The Hall–Kier alpha value is -2.91. The van der Waals surface area contributed by atoms with E-state index in [2.05, 4.69) is 10.1 Å². The Balaban J connectivity index is 1.72. The molecule has 1 aliphatic heterocycles. The molecule has 0 unspecified atom stereocenters. The second kappa shape index (κ2) is 7.05. The summed E-state index contributed by atoms with van der Waals surface area (Å²) in [4.78, 5) is 32.4. The number of carbonyl (C=O) groups excluding carboxylic acids is 2. The van der Waals surface area contributed by atoms with Gasteiger partial charge in [-0.2, -0.15) is 5.10 Å². The SMILES string of the molecule is COc1cc(OC)c2c(c1Cl)O[C@]1(C2=O)C(=O)c2c(nn(C)c2-c2csc(C)n2)C[C@H]1C. The molecule has 2 aliphatic rings. The quantitative estimate of drug-likeness (QED) is 0.532. The van der Waals surface area contributed by atoms with Crippen molar-refractivity contribution in [1.82, 2.24) is 14.8 Å². The van der Waals surface area contributed by atoms with Gasteiger partial charge < -0.3 is 14.2 Å². The van der Waals surface area contributed by atoms with Gasteiger partial charge in [-0.15, -0.1) is 11.3 Å². The number of ketones is 2. The lowest BCUT2D eigenvalue weighted by Crippen LogP contribution is -2.56. The predicted octanol–water partition coefficient (Wildman–Crippen LogP) is 3.91. The largest absolute Gasteiger partial charge is 0.496 e. The summed E-state index contributed by atoms with van der Waals surface area (Å²) in [5.74, 6) is -0.751. The van der Waals surface area contributed by atoms with Gasteiger partial charge in [0, 0.05) is 24.4 Å². The van der Waals surface area contributed by atoms with Gasteiger partial charge in [-0.25, -0.2) is 4.98 Å². The van der Waals surface area contributed by atoms with Crippen LogP contribution < -0.4 is 14.2 Å². The van der Waals surface area contributed by atoms with E-state index in [-0.39, 0.29) is 22.1 Å². The van der Waals surface area contributed by atoms with Gasteiger partial charge in [-0.1, -0.05) is 18.5 Å².